The van der Waals surface area contributed by atoms with Gasteiger partial charge in [0, 0.05) is 5.56 Å². The number of carboxylic acids is 1. The van der Waals surface area contributed by atoms with E-state index in [1.165, 1.54) is 0 Å². The molecule has 0 bridgehead atoms. The van der Waals surface area contributed by atoms with Crippen molar-refractivity contribution in [1.82, 2.24) is 4.98 Å². The summed E-state index contributed by atoms with van der Waals surface area (Å²) in [6, 6.07) is 1.04. The van der Waals surface area contributed by atoms with E-state index in [4.69, 9.17) is 5.11 Å². The summed E-state index contributed by atoms with van der Waals surface area (Å²) in [6.45, 7) is 0. The second kappa shape index (κ2) is 5.29. The van der Waals surface area contributed by atoms with Crippen molar-refractivity contribution in [2.45, 2.75) is 12.8 Å². The van der Waals surface area contributed by atoms with Crippen LogP contribution in [0.3, 0.4) is 0 Å². The van der Waals surface area contributed by atoms with E-state index >= 15 is 0 Å². The van der Waals surface area contributed by atoms with Crippen LogP contribution in [0, 0.1) is 13.7 Å². The Bertz CT molecular complexity index is 481. The molecule has 0 aliphatic carbocycles. The number of carboxylic acid groups (broad SMARTS) is 1. The average molecular weight is 358 g/mol. The minimum Gasteiger partial charge on any atom is -0.481 e. The largest absolute Gasteiger partial charge is 0.481 e. The predicted octanol–water partition coefficient (Wildman–Crippen LogP) is 2.16. The van der Waals surface area contributed by atoms with Crippen LogP contribution in [-0.2, 0) is 11.2 Å². The van der Waals surface area contributed by atoms with E-state index in [-0.39, 0.29) is 9.13 Å². The molecule has 0 spiro atoms. The van der Waals surface area contributed by atoms with Gasteiger partial charge in [0.05, 0.1) is 6.42 Å². The summed E-state index contributed by atoms with van der Waals surface area (Å²) >= 11 is 1.55. The first-order valence-electron chi connectivity index (χ1n) is 4.16. The first-order valence-corrected chi connectivity index (χ1v) is 5.24. The van der Waals surface area contributed by atoms with Gasteiger partial charge in [0.15, 0.2) is 0 Å². The van der Waals surface area contributed by atoms with E-state index in [1.54, 1.807) is 22.6 Å². The van der Waals surface area contributed by atoms with Crippen molar-refractivity contribution in [1.29, 1.82) is 0 Å². The number of aliphatic carboxylic acids is 1. The predicted molar refractivity (Wildman–Crippen MR) is 59.9 cm³/mol. The average Bonchev–Trinajstić information content (AvgIpc) is 2.15. The number of rotatable bonds is 4. The van der Waals surface area contributed by atoms with Gasteiger partial charge < -0.3 is 15.2 Å². The van der Waals surface area contributed by atoms with Crippen molar-refractivity contribution in [3.63, 3.8) is 0 Å². The highest BCUT2D eigenvalue weighted by Gasteiger charge is 2.27. The second-order valence-corrected chi connectivity index (χ2v) is 4.13. The van der Waals surface area contributed by atoms with Gasteiger partial charge in [-0.25, -0.2) is 8.78 Å². The van der Waals surface area contributed by atoms with Gasteiger partial charge in [0.2, 0.25) is 5.69 Å². The minimum absolute atomic E-state index is 0.0215. The van der Waals surface area contributed by atoms with Crippen molar-refractivity contribution in [3.8, 4) is 0 Å². The number of halogens is 3. The number of nitrogens with zero attached hydrogens (tertiary/aromatic N) is 2. The molecular weight excluding hydrogens is 353 g/mol. The molecule has 0 aliphatic heterocycles. The summed E-state index contributed by atoms with van der Waals surface area (Å²) in [5.41, 5.74) is -1.08. The summed E-state index contributed by atoms with van der Waals surface area (Å²) in [7, 11) is 0. The molecule has 0 unspecified atom stereocenters. The smallest absolute Gasteiger partial charge is 0.377 e. The third-order valence-electron chi connectivity index (χ3n) is 1.79. The molecule has 1 N–H and O–H groups in total. The lowest BCUT2D eigenvalue weighted by molar-refractivity contribution is -0.390. The Morgan fingerprint density at radius 3 is 2.65 bits per heavy atom. The van der Waals surface area contributed by atoms with Gasteiger partial charge in [-0.3, -0.25) is 4.79 Å². The first kappa shape index (κ1) is 13.7. The summed E-state index contributed by atoms with van der Waals surface area (Å²) < 4.78 is 25.2. The van der Waals surface area contributed by atoms with Gasteiger partial charge in [-0.2, -0.15) is 0 Å². The molecule has 1 rings (SSSR count). The van der Waals surface area contributed by atoms with E-state index < -0.39 is 35.3 Å². The normalized spacial score (nSPS) is 10.6. The molecule has 0 radical (unpaired) electrons. The van der Waals surface area contributed by atoms with Gasteiger partial charge in [-0.05, 0) is 38.6 Å². The minimum atomic E-state index is -3.06. The Kier molecular flexibility index (Phi) is 4.26. The van der Waals surface area contributed by atoms with Gasteiger partial charge >= 0.3 is 18.2 Å². The third-order valence-corrected chi connectivity index (χ3v) is 2.59. The molecule has 92 valence electrons. The first-order chi connectivity index (χ1) is 7.82. The highest BCUT2D eigenvalue weighted by molar-refractivity contribution is 14.1. The van der Waals surface area contributed by atoms with Crippen molar-refractivity contribution in [2.75, 3.05) is 0 Å². The summed E-state index contributed by atoms with van der Waals surface area (Å²) in [6.07, 6.45) is -3.71. The number of hydrogen-bond donors (Lipinski definition) is 1. The highest BCUT2D eigenvalue weighted by atomic mass is 127. The maximum Gasteiger partial charge on any atom is 0.377 e. The highest BCUT2D eigenvalue weighted by Crippen LogP contribution is 2.28. The standard InChI is InChI=1S/C8H5F2IN2O4/c9-7(10)6-3(2-5(14)15)1-4(11)8(12-6)13(16)17/h1,7H,2H2,(H,14,15). The molecule has 0 amide bonds. The zero-order valence-corrected chi connectivity index (χ0v) is 10.2. The zero-order chi connectivity index (χ0) is 13.2. The molecule has 0 aliphatic rings. The molecule has 0 atom stereocenters. The Morgan fingerprint density at radius 2 is 2.24 bits per heavy atom. The van der Waals surface area contributed by atoms with Crippen LogP contribution in [0.2, 0.25) is 0 Å². The topological polar surface area (TPSA) is 93.3 Å². The molecule has 1 aromatic heterocycles. The molecule has 9 heteroatoms. The molecule has 0 fully saturated rings. The second-order valence-electron chi connectivity index (χ2n) is 2.97. The molecular formula is C8H5F2IN2O4. The Hall–Kier alpha value is -1.39. The molecule has 1 heterocycles. The lowest BCUT2D eigenvalue weighted by atomic mass is 10.1. The third kappa shape index (κ3) is 3.28. The van der Waals surface area contributed by atoms with E-state index in [2.05, 4.69) is 4.98 Å². The maximum atomic E-state index is 12.6. The Labute approximate surface area is 107 Å². The van der Waals surface area contributed by atoms with E-state index in [1.807, 2.05) is 0 Å². The Morgan fingerprint density at radius 1 is 1.65 bits per heavy atom. The zero-order valence-electron chi connectivity index (χ0n) is 8.06. The number of nitro groups is 1. The quantitative estimate of drug-likeness (QED) is 0.506. The lowest BCUT2D eigenvalue weighted by Gasteiger charge is -2.04. The lowest BCUT2D eigenvalue weighted by Crippen LogP contribution is -2.09. The molecule has 0 aromatic carbocycles. The SMILES string of the molecule is O=C(O)Cc1cc(I)c([N+](=O)[O-])nc1C(F)F. The van der Waals surface area contributed by atoms with Crippen LogP contribution in [0.5, 0.6) is 0 Å². The fourth-order valence-electron chi connectivity index (χ4n) is 1.15. The number of aromatic nitrogens is 1. The van der Waals surface area contributed by atoms with Crippen LogP contribution in [0.15, 0.2) is 6.07 Å². The van der Waals surface area contributed by atoms with E-state index in [0.717, 1.165) is 6.07 Å². The van der Waals surface area contributed by atoms with Crippen LogP contribution < -0.4 is 0 Å². The fraction of sp³-hybridized carbons (Fsp3) is 0.250. The molecule has 0 saturated heterocycles. The van der Waals surface area contributed by atoms with Gasteiger partial charge in [0.25, 0.3) is 0 Å². The van der Waals surface area contributed by atoms with E-state index in [9.17, 15) is 23.7 Å². The molecule has 6 nitrogen and oxygen atoms in total. The van der Waals surface area contributed by atoms with Crippen molar-refractivity contribution < 1.29 is 23.6 Å². The van der Waals surface area contributed by atoms with Crippen LogP contribution >= 0.6 is 22.6 Å². The van der Waals surface area contributed by atoms with Gasteiger partial charge in [-0.15, -0.1) is 0 Å². The fourth-order valence-corrected chi connectivity index (χ4v) is 1.85. The number of carbonyl (C=O) groups is 1. The number of pyridine rings is 1. The molecule has 0 saturated carbocycles. The Balaban J connectivity index is 3.35. The van der Waals surface area contributed by atoms with Crippen LogP contribution in [0.25, 0.3) is 0 Å². The van der Waals surface area contributed by atoms with Gasteiger partial charge in [-0.1, -0.05) is 0 Å². The molecule has 17 heavy (non-hydrogen) atoms. The summed E-state index contributed by atoms with van der Waals surface area (Å²) in [5, 5.41) is 19.0. The van der Waals surface area contributed by atoms with Crippen molar-refractivity contribution in [3.05, 3.63) is 31.0 Å². The van der Waals surface area contributed by atoms with Crippen LogP contribution in [0.4, 0.5) is 14.6 Å². The van der Waals surface area contributed by atoms with Crippen LogP contribution in [-0.4, -0.2) is 21.0 Å². The maximum absolute atomic E-state index is 12.6. The summed E-state index contributed by atoms with van der Waals surface area (Å²) in [4.78, 5) is 23.3. The van der Waals surface area contributed by atoms with Gasteiger partial charge in [0.1, 0.15) is 3.57 Å². The number of alkyl halides is 2. The monoisotopic (exact) mass is 358 g/mol. The number of hydrogen-bond acceptors (Lipinski definition) is 4. The van der Waals surface area contributed by atoms with Crippen LogP contribution in [0.1, 0.15) is 17.7 Å². The molecule has 1 aromatic rings. The van der Waals surface area contributed by atoms with E-state index in [0.29, 0.717) is 0 Å². The summed E-state index contributed by atoms with van der Waals surface area (Å²) in [5.74, 6) is -2.01. The van der Waals surface area contributed by atoms with Crippen molar-refractivity contribution >= 4 is 34.4 Å². The van der Waals surface area contributed by atoms with Crippen molar-refractivity contribution in [2.24, 2.45) is 0 Å².